The van der Waals surface area contributed by atoms with Gasteiger partial charge in [-0.3, -0.25) is 4.79 Å². The van der Waals surface area contributed by atoms with Crippen LogP contribution in [0.5, 0.6) is 5.75 Å². The zero-order valence-corrected chi connectivity index (χ0v) is 19.0. The van der Waals surface area contributed by atoms with Gasteiger partial charge in [0.05, 0.1) is 13.2 Å². The van der Waals surface area contributed by atoms with Gasteiger partial charge in [0, 0.05) is 25.7 Å². The van der Waals surface area contributed by atoms with Crippen molar-refractivity contribution < 1.29 is 22.4 Å². The van der Waals surface area contributed by atoms with Crippen LogP contribution >= 0.6 is 0 Å². The monoisotopic (exact) mass is 446 g/mol. The summed E-state index contributed by atoms with van der Waals surface area (Å²) in [7, 11) is -2.01. The van der Waals surface area contributed by atoms with E-state index in [1.54, 1.807) is 14.0 Å². The maximum absolute atomic E-state index is 13.5. The Balaban J connectivity index is 1.63. The summed E-state index contributed by atoms with van der Waals surface area (Å²) in [5.41, 5.74) is 1.05. The summed E-state index contributed by atoms with van der Waals surface area (Å²) >= 11 is 0. The van der Waals surface area contributed by atoms with Crippen molar-refractivity contribution in [1.29, 1.82) is 0 Å². The van der Waals surface area contributed by atoms with E-state index < -0.39 is 10.0 Å². The number of carbonyl (C=O) groups is 1. The van der Waals surface area contributed by atoms with Gasteiger partial charge >= 0.3 is 0 Å². The van der Waals surface area contributed by atoms with Gasteiger partial charge in [0.1, 0.15) is 16.4 Å². The van der Waals surface area contributed by atoms with E-state index in [4.69, 9.17) is 9.15 Å². The molecule has 3 heterocycles. The van der Waals surface area contributed by atoms with E-state index in [0.29, 0.717) is 19.6 Å². The van der Waals surface area contributed by atoms with Crippen molar-refractivity contribution in [2.45, 2.75) is 56.4 Å². The Morgan fingerprint density at radius 2 is 1.71 bits per heavy atom. The van der Waals surface area contributed by atoms with E-state index in [-0.39, 0.29) is 28.4 Å². The van der Waals surface area contributed by atoms with Gasteiger partial charge in [-0.05, 0) is 50.3 Å². The summed E-state index contributed by atoms with van der Waals surface area (Å²) < 4.78 is 38.5. The maximum Gasteiger partial charge on any atom is 0.290 e. The second-order valence-electron chi connectivity index (χ2n) is 8.28. The molecule has 8 heteroatoms. The first kappa shape index (κ1) is 21.9. The van der Waals surface area contributed by atoms with Crippen LogP contribution in [0.15, 0.2) is 39.6 Å². The van der Waals surface area contributed by atoms with Crippen LogP contribution in [-0.4, -0.2) is 50.3 Å². The fourth-order valence-corrected chi connectivity index (χ4v) is 6.24. The smallest absolute Gasteiger partial charge is 0.290 e. The second-order valence-corrected chi connectivity index (χ2v) is 10.2. The molecule has 0 saturated carbocycles. The molecular formula is C23H30N2O5S. The number of amides is 1. The number of likely N-dealkylation sites (tertiary alicyclic amines) is 1. The molecule has 1 aromatic heterocycles. The SMILES string of the molecule is COc1ccc([C@H]2CCCCCN2C(=O)c2cc(S(=O)(=O)N3CCCC3)c(C)o2)cc1. The third-order valence-corrected chi connectivity index (χ3v) is 8.29. The largest absolute Gasteiger partial charge is 0.497 e. The molecule has 0 aliphatic carbocycles. The average Bonchev–Trinajstić information content (AvgIpc) is 3.39. The minimum absolute atomic E-state index is 0.0787. The molecule has 0 radical (unpaired) electrons. The minimum atomic E-state index is -3.64. The van der Waals surface area contributed by atoms with Crippen molar-refractivity contribution >= 4 is 15.9 Å². The van der Waals surface area contributed by atoms with Gasteiger partial charge in [-0.1, -0.05) is 25.0 Å². The normalized spacial score (nSPS) is 20.6. The maximum atomic E-state index is 13.5. The lowest BCUT2D eigenvalue weighted by molar-refractivity contribution is 0.0646. The molecule has 2 fully saturated rings. The van der Waals surface area contributed by atoms with Crippen molar-refractivity contribution in [2.75, 3.05) is 26.7 Å². The Morgan fingerprint density at radius 1 is 1.03 bits per heavy atom. The Hall–Kier alpha value is -2.32. The highest BCUT2D eigenvalue weighted by Gasteiger charge is 2.34. The Labute approximate surface area is 184 Å². The lowest BCUT2D eigenvalue weighted by Gasteiger charge is -2.30. The van der Waals surface area contributed by atoms with Gasteiger partial charge in [0.15, 0.2) is 5.76 Å². The number of aryl methyl sites for hydroxylation is 1. The number of furan rings is 1. The molecule has 2 aromatic rings. The summed E-state index contributed by atoms with van der Waals surface area (Å²) in [6.45, 7) is 3.26. The van der Waals surface area contributed by atoms with Crippen LogP contribution in [0.3, 0.4) is 0 Å². The van der Waals surface area contributed by atoms with Crippen LogP contribution in [0.25, 0.3) is 0 Å². The summed E-state index contributed by atoms with van der Waals surface area (Å²) in [4.78, 5) is 15.4. The molecule has 7 nitrogen and oxygen atoms in total. The highest BCUT2D eigenvalue weighted by molar-refractivity contribution is 7.89. The van der Waals surface area contributed by atoms with E-state index in [0.717, 1.165) is 49.8 Å². The summed E-state index contributed by atoms with van der Waals surface area (Å²) in [6.07, 6.45) is 5.58. The molecule has 31 heavy (non-hydrogen) atoms. The molecule has 0 spiro atoms. The van der Waals surface area contributed by atoms with E-state index in [1.165, 1.54) is 10.4 Å². The van der Waals surface area contributed by atoms with Crippen LogP contribution < -0.4 is 4.74 Å². The lowest BCUT2D eigenvalue weighted by atomic mass is 10.0. The number of nitrogens with zero attached hydrogens (tertiary/aromatic N) is 2. The molecule has 0 unspecified atom stereocenters. The summed E-state index contributed by atoms with van der Waals surface area (Å²) in [5, 5.41) is 0. The molecule has 168 valence electrons. The van der Waals surface area contributed by atoms with Gasteiger partial charge < -0.3 is 14.1 Å². The van der Waals surface area contributed by atoms with Crippen molar-refractivity contribution in [2.24, 2.45) is 0 Å². The van der Waals surface area contributed by atoms with E-state index in [1.807, 2.05) is 29.2 Å². The standard InChI is InChI=1S/C23H30N2O5S/c1-17-22(31(27,28)24-13-6-7-14-24)16-21(30-17)23(26)25-15-5-3-4-8-20(25)18-9-11-19(29-2)12-10-18/h9-12,16,20H,3-8,13-15H2,1-2H3/t20-/m1/s1. The molecule has 1 atom stereocenters. The van der Waals surface area contributed by atoms with Crippen LogP contribution in [-0.2, 0) is 10.0 Å². The lowest BCUT2D eigenvalue weighted by Crippen LogP contribution is -2.34. The van der Waals surface area contributed by atoms with Gasteiger partial charge in [-0.25, -0.2) is 8.42 Å². The van der Waals surface area contributed by atoms with Gasteiger partial charge in [0.2, 0.25) is 10.0 Å². The minimum Gasteiger partial charge on any atom is -0.497 e. The predicted molar refractivity (Wildman–Crippen MR) is 117 cm³/mol. The topological polar surface area (TPSA) is 80.1 Å². The Morgan fingerprint density at radius 3 is 2.39 bits per heavy atom. The molecule has 1 amide bonds. The Bertz CT molecular complexity index is 1020. The quantitative estimate of drug-likeness (QED) is 0.690. The number of hydrogen-bond donors (Lipinski definition) is 0. The number of ether oxygens (including phenoxy) is 1. The summed E-state index contributed by atoms with van der Waals surface area (Å²) in [5.74, 6) is 0.879. The molecule has 2 saturated heterocycles. The van der Waals surface area contributed by atoms with E-state index in [9.17, 15) is 13.2 Å². The first-order valence-corrected chi connectivity index (χ1v) is 12.4. The Kier molecular flexibility index (Phi) is 6.39. The number of benzene rings is 1. The third-order valence-electron chi connectivity index (χ3n) is 6.28. The van der Waals surface area contributed by atoms with Crippen molar-refractivity contribution in [3.8, 4) is 5.75 Å². The molecular weight excluding hydrogens is 416 g/mol. The summed E-state index contributed by atoms with van der Waals surface area (Å²) in [6, 6.07) is 9.13. The predicted octanol–water partition coefficient (Wildman–Crippen LogP) is 4.14. The number of methoxy groups -OCH3 is 1. The number of carbonyl (C=O) groups excluding carboxylic acids is 1. The fraction of sp³-hybridized carbons (Fsp3) is 0.522. The van der Waals surface area contributed by atoms with Gasteiger partial charge in [-0.15, -0.1) is 0 Å². The van der Waals surface area contributed by atoms with Crippen LogP contribution in [0.1, 0.15) is 66.4 Å². The van der Waals surface area contributed by atoms with Crippen LogP contribution in [0.2, 0.25) is 0 Å². The van der Waals surface area contributed by atoms with Crippen molar-refractivity contribution in [1.82, 2.24) is 9.21 Å². The molecule has 1 aromatic carbocycles. The third kappa shape index (κ3) is 4.36. The zero-order valence-electron chi connectivity index (χ0n) is 18.2. The first-order chi connectivity index (χ1) is 14.9. The average molecular weight is 447 g/mol. The van der Waals surface area contributed by atoms with E-state index >= 15 is 0 Å². The molecule has 4 rings (SSSR count). The first-order valence-electron chi connectivity index (χ1n) is 11.0. The highest BCUT2D eigenvalue weighted by atomic mass is 32.2. The second kappa shape index (κ2) is 9.04. The van der Waals surface area contributed by atoms with Crippen LogP contribution in [0, 0.1) is 6.92 Å². The molecule has 2 aliphatic heterocycles. The number of sulfonamides is 1. The molecule has 0 N–H and O–H groups in total. The van der Waals surface area contributed by atoms with Crippen LogP contribution in [0.4, 0.5) is 0 Å². The fourth-order valence-electron chi connectivity index (χ4n) is 4.56. The number of rotatable bonds is 5. The van der Waals surface area contributed by atoms with Crippen molar-refractivity contribution in [3.05, 3.63) is 47.4 Å². The van der Waals surface area contributed by atoms with Crippen molar-refractivity contribution in [3.63, 3.8) is 0 Å². The van der Waals surface area contributed by atoms with Gasteiger partial charge in [0.25, 0.3) is 5.91 Å². The van der Waals surface area contributed by atoms with Gasteiger partial charge in [-0.2, -0.15) is 4.31 Å². The molecule has 0 bridgehead atoms. The van der Waals surface area contributed by atoms with E-state index in [2.05, 4.69) is 0 Å². The zero-order chi connectivity index (χ0) is 22.0. The number of hydrogen-bond acceptors (Lipinski definition) is 5. The highest BCUT2D eigenvalue weighted by Crippen LogP contribution is 2.34. The molecule has 2 aliphatic rings.